The number of nitrogens with one attached hydrogen (secondary N) is 1. The van der Waals surface area contributed by atoms with E-state index < -0.39 is 0 Å². The minimum Gasteiger partial charge on any atom is -0.352 e. The van der Waals surface area contributed by atoms with Crippen molar-refractivity contribution in [3.8, 4) is 5.82 Å². The third kappa shape index (κ3) is 4.27. The fraction of sp³-hybridized carbons (Fsp3) is 0.400. The largest absolute Gasteiger partial charge is 0.352 e. The first-order chi connectivity index (χ1) is 15.4. The van der Waals surface area contributed by atoms with Crippen molar-refractivity contribution in [3.63, 3.8) is 0 Å². The Morgan fingerprint density at radius 1 is 1.06 bits per heavy atom. The molecular formula is C25H32N6S. The molecule has 0 saturated carbocycles. The number of nitrogens with zero attached hydrogens (tertiary/aromatic N) is 5. The molecule has 0 aliphatic carbocycles. The predicted molar refractivity (Wildman–Crippen MR) is 133 cm³/mol. The van der Waals surface area contributed by atoms with E-state index in [9.17, 15) is 0 Å². The monoisotopic (exact) mass is 448 g/mol. The number of aryl methyl sites for hydroxylation is 2. The first-order valence-electron chi connectivity index (χ1n) is 11.1. The molecule has 1 saturated heterocycles. The zero-order valence-electron chi connectivity index (χ0n) is 19.5. The molecule has 1 aliphatic rings. The summed E-state index contributed by atoms with van der Waals surface area (Å²) >= 11 is 5.83. The van der Waals surface area contributed by atoms with Crippen LogP contribution >= 0.6 is 12.2 Å². The van der Waals surface area contributed by atoms with Gasteiger partial charge in [0.2, 0.25) is 0 Å². The highest BCUT2D eigenvalue weighted by molar-refractivity contribution is 7.80. The fourth-order valence-electron chi connectivity index (χ4n) is 4.67. The molecule has 7 heteroatoms. The lowest BCUT2D eigenvalue weighted by Gasteiger charge is -2.28. The predicted octanol–water partition coefficient (Wildman–Crippen LogP) is 4.12. The molecule has 0 aromatic carbocycles. The van der Waals surface area contributed by atoms with Gasteiger partial charge < -0.3 is 19.7 Å². The van der Waals surface area contributed by atoms with Gasteiger partial charge in [-0.3, -0.25) is 4.98 Å². The van der Waals surface area contributed by atoms with Crippen LogP contribution in [0.2, 0.25) is 0 Å². The second kappa shape index (κ2) is 9.38. The lowest BCUT2D eigenvalue weighted by molar-refractivity contribution is 0.292. The zero-order valence-corrected chi connectivity index (χ0v) is 20.4. The molecule has 1 N–H and O–H groups in total. The van der Waals surface area contributed by atoms with Crippen LogP contribution in [0.15, 0.2) is 48.8 Å². The smallest absolute Gasteiger partial charge is 0.170 e. The number of hydrogen-bond acceptors (Lipinski definition) is 4. The Kier molecular flexibility index (Phi) is 6.58. The van der Waals surface area contributed by atoms with Gasteiger partial charge in [0, 0.05) is 30.3 Å². The lowest BCUT2D eigenvalue weighted by Crippen LogP contribution is -2.32. The third-order valence-corrected chi connectivity index (χ3v) is 6.54. The minimum absolute atomic E-state index is 0.00170. The van der Waals surface area contributed by atoms with Gasteiger partial charge in [-0.15, -0.1) is 0 Å². The van der Waals surface area contributed by atoms with E-state index in [0.29, 0.717) is 0 Å². The molecule has 0 bridgehead atoms. The minimum atomic E-state index is 0.00170. The van der Waals surface area contributed by atoms with Crippen LogP contribution in [0, 0.1) is 20.8 Å². The van der Waals surface area contributed by atoms with E-state index in [1.807, 2.05) is 30.6 Å². The summed E-state index contributed by atoms with van der Waals surface area (Å²) in [7, 11) is 4.22. The van der Waals surface area contributed by atoms with Crippen molar-refractivity contribution in [2.24, 2.45) is 0 Å². The summed E-state index contributed by atoms with van der Waals surface area (Å²) in [4.78, 5) is 13.9. The summed E-state index contributed by atoms with van der Waals surface area (Å²) < 4.78 is 2.26. The quantitative estimate of drug-likeness (QED) is 0.549. The van der Waals surface area contributed by atoms with E-state index in [0.717, 1.165) is 41.7 Å². The van der Waals surface area contributed by atoms with Crippen LogP contribution in [0.3, 0.4) is 0 Å². The summed E-state index contributed by atoms with van der Waals surface area (Å²) in [5, 5.41) is 4.37. The number of rotatable bonds is 7. The summed E-state index contributed by atoms with van der Waals surface area (Å²) in [6.07, 6.45) is 4.75. The Bertz CT molecular complexity index is 1090. The van der Waals surface area contributed by atoms with E-state index in [2.05, 4.69) is 82.7 Å². The van der Waals surface area contributed by atoms with E-state index in [-0.39, 0.29) is 12.1 Å². The van der Waals surface area contributed by atoms with Crippen LogP contribution < -0.4 is 5.32 Å². The van der Waals surface area contributed by atoms with Gasteiger partial charge in [-0.2, -0.15) is 0 Å². The van der Waals surface area contributed by atoms with Crippen LogP contribution in [0.5, 0.6) is 0 Å². The molecule has 1 fully saturated rings. The molecule has 1 aliphatic heterocycles. The molecule has 2 unspecified atom stereocenters. The molecule has 168 valence electrons. The van der Waals surface area contributed by atoms with E-state index in [1.165, 1.54) is 17.0 Å². The molecule has 3 aromatic rings. The van der Waals surface area contributed by atoms with Crippen LogP contribution in [-0.4, -0.2) is 56.6 Å². The number of aromatic nitrogens is 3. The summed E-state index contributed by atoms with van der Waals surface area (Å²) in [5.41, 5.74) is 5.80. The Morgan fingerprint density at radius 3 is 2.53 bits per heavy atom. The highest BCUT2D eigenvalue weighted by atomic mass is 32.1. The van der Waals surface area contributed by atoms with Gasteiger partial charge in [-0.1, -0.05) is 12.1 Å². The highest BCUT2D eigenvalue weighted by Gasteiger charge is 2.41. The molecule has 2 atom stereocenters. The standard InChI is InChI=1S/C25H32N6S/c1-17-10-8-13-27-24(17)31-18(2)16-20(19(31)3)23-22(21-11-6-7-12-26-21)28-25(32)30(23)15-9-14-29(4)5/h6-8,10-13,16,22-23H,9,14-15H2,1-5H3,(H,28,32). The molecule has 0 spiro atoms. The van der Waals surface area contributed by atoms with Crippen LogP contribution in [0.4, 0.5) is 0 Å². The van der Waals surface area contributed by atoms with Crippen molar-refractivity contribution >= 4 is 17.3 Å². The average Bonchev–Trinajstić information content (AvgIpc) is 3.24. The maximum absolute atomic E-state index is 5.83. The molecule has 4 heterocycles. The lowest BCUT2D eigenvalue weighted by atomic mass is 9.96. The van der Waals surface area contributed by atoms with Gasteiger partial charge in [0.25, 0.3) is 0 Å². The van der Waals surface area contributed by atoms with Crippen LogP contribution in [0.25, 0.3) is 5.82 Å². The van der Waals surface area contributed by atoms with E-state index in [1.54, 1.807) is 0 Å². The zero-order chi connectivity index (χ0) is 22.8. The van der Waals surface area contributed by atoms with Crippen LogP contribution in [0.1, 0.15) is 46.7 Å². The Hall–Kier alpha value is -2.77. The van der Waals surface area contributed by atoms with Crippen molar-refractivity contribution in [3.05, 3.63) is 77.0 Å². The summed E-state index contributed by atoms with van der Waals surface area (Å²) in [6, 6.07) is 12.5. The maximum Gasteiger partial charge on any atom is 0.170 e. The van der Waals surface area contributed by atoms with Crippen molar-refractivity contribution in [1.82, 2.24) is 29.7 Å². The number of hydrogen-bond donors (Lipinski definition) is 1. The molecule has 6 nitrogen and oxygen atoms in total. The van der Waals surface area contributed by atoms with Crippen molar-refractivity contribution in [2.45, 2.75) is 39.3 Å². The highest BCUT2D eigenvalue weighted by Crippen LogP contribution is 2.41. The van der Waals surface area contributed by atoms with E-state index >= 15 is 0 Å². The van der Waals surface area contributed by atoms with Gasteiger partial charge in [0.1, 0.15) is 5.82 Å². The molecule has 0 radical (unpaired) electrons. The molecule has 3 aromatic heterocycles. The fourth-order valence-corrected chi connectivity index (χ4v) is 5.00. The van der Waals surface area contributed by atoms with Crippen molar-refractivity contribution < 1.29 is 0 Å². The molecule has 4 rings (SSSR count). The van der Waals surface area contributed by atoms with Crippen molar-refractivity contribution in [1.29, 1.82) is 0 Å². The molecule has 32 heavy (non-hydrogen) atoms. The SMILES string of the molecule is Cc1cccnc1-n1c(C)cc(C2C(c3ccccn3)NC(=S)N2CCCN(C)C)c1C. The van der Waals surface area contributed by atoms with Gasteiger partial charge in [-0.05, 0) is 95.4 Å². The second-order valence-electron chi connectivity index (χ2n) is 8.78. The second-order valence-corrected chi connectivity index (χ2v) is 9.17. The maximum atomic E-state index is 5.83. The molecular weight excluding hydrogens is 416 g/mol. The Balaban J connectivity index is 1.78. The number of pyridine rings is 2. The molecule has 0 amide bonds. The first-order valence-corrected chi connectivity index (χ1v) is 11.5. The summed E-state index contributed by atoms with van der Waals surface area (Å²) in [6.45, 7) is 8.36. The van der Waals surface area contributed by atoms with Gasteiger partial charge in [-0.25, -0.2) is 4.98 Å². The topological polar surface area (TPSA) is 49.2 Å². The Labute approximate surface area is 196 Å². The van der Waals surface area contributed by atoms with Gasteiger partial charge in [0.15, 0.2) is 5.11 Å². The van der Waals surface area contributed by atoms with E-state index in [4.69, 9.17) is 12.2 Å². The average molecular weight is 449 g/mol. The van der Waals surface area contributed by atoms with Gasteiger partial charge >= 0.3 is 0 Å². The van der Waals surface area contributed by atoms with Crippen LogP contribution in [-0.2, 0) is 0 Å². The van der Waals surface area contributed by atoms with Crippen molar-refractivity contribution in [2.75, 3.05) is 27.2 Å². The Morgan fingerprint density at radius 2 is 1.84 bits per heavy atom. The first kappa shape index (κ1) is 22.4. The van der Waals surface area contributed by atoms with Gasteiger partial charge in [0.05, 0.1) is 17.8 Å². The summed E-state index contributed by atoms with van der Waals surface area (Å²) in [5.74, 6) is 0.982. The normalized spacial score (nSPS) is 18.4. The third-order valence-electron chi connectivity index (χ3n) is 6.18. The number of thiocarbonyl (C=S) groups is 1.